The third kappa shape index (κ3) is 2.32. The molecule has 0 spiro atoms. The monoisotopic (exact) mass is 214 g/mol. The van der Waals surface area contributed by atoms with Crippen molar-refractivity contribution in [2.24, 2.45) is 5.41 Å². The van der Waals surface area contributed by atoms with E-state index >= 15 is 0 Å². The Hall–Kier alpha value is -0.440. The van der Waals surface area contributed by atoms with Crippen LogP contribution in [0.1, 0.15) is 33.6 Å². The Labute approximate surface area is 89.8 Å². The van der Waals surface area contributed by atoms with E-state index in [2.05, 4.69) is 13.8 Å². The van der Waals surface area contributed by atoms with Crippen molar-refractivity contribution >= 4 is 17.7 Å². The summed E-state index contributed by atoms with van der Waals surface area (Å²) in [6.07, 6.45) is 1.72. The molecule has 1 N–H and O–H groups in total. The molecule has 1 saturated heterocycles. The van der Waals surface area contributed by atoms with Crippen LogP contribution >= 0.6 is 11.8 Å². The van der Waals surface area contributed by atoms with E-state index in [1.54, 1.807) is 0 Å². The van der Waals surface area contributed by atoms with Crippen molar-refractivity contribution in [2.45, 2.75) is 33.6 Å². The summed E-state index contributed by atoms with van der Waals surface area (Å²) >= 11 is 1.85. The number of rotatable bonds is 2. The molecule has 0 radical (unpaired) electrons. The zero-order valence-electron chi connectivity index (χ0n) is 9.09. The van der Waals surface area contributed by atoms with Crippen molar-refractivity contribution in [3.63, 3.8) is 0 Å². The van der Waals surface area contributed by atoms with E-state index in [9.17, 15) is 4.79 Å². The van der Waals surface area contributed by atoms with Crippen LogP contribution in [0.3, 0.4) is 0 Å². The van der Waals surface area contributed by atoms with E-state index in [0.717, 1.165) is 23.5 Å². The predicted octanol–water partition coefficient (Wildman–Crippen LogP) is 2.94. The van der Waals surface area contributed by atoms with Gasteiger partial charge in [-0.25, -0.2) is 4.79 Å². The van der Waals surface area contributed by atoms with Crippen molar-refractivity contribution in [3.8, 4) is 0 Å². The number of carboxylic acids is 1. The van der Waals surface area contributed by atoms with Gasteiger partial charge in [0, 0.05) is 11.3 Å². The lowest BCUT2D eigenvalue weighted by Gasteiger charge is -2.34. The van der Waals surface area contributed by atoms with E-state index < -0.39 is 5.97 Å². The van der Waals surface area contributed by atoms with Crippen LogP contribution in [0, 0.1) is 5.41 Å². The average Bonchev–Trinajstić information content (AvgIpc) is 2.08. The fourth-order valence-electron chi connectivity index (χ4n) is 1.84. The molecule has 1 aliphatic heterocycles. The van der Waals surface area contributed by atoms with Crippen molar-refractivity contribution in [1.29, 1.82) is 0 Å². The van der Waals surface area contributed by atoms with Gasteiger partial charge in [-0.2, -0.15) is 11.8 Å². The highest BCUT2D eigenvalue weighted by Gasteiger charge is 2.30. The molecule has 0 aromatic carbocycles. The van der Waals surface area contributed by atoms with Crippen LogP contribution in [0.2, 0.25) is 0 Å². The molecule has 0 aromatic heterocycles. The number of carbonyl (C=O) groups is 1. The molecule has 0 aliphatic carbocycles. The number of thioether (sulfide) groups is 1. The summed E-state index contributed by atoms with van der Waals surface area (Å²) < 4.78 is 0. The first-order chi connectivity index (χ1) is 6.49. The van der Waals surface area contributed by atoms with E-state index in [1.807, 2.05) is 18.7 Å². The fourth-order valence-corrected chi connectivity index (χ4v) is 3.41. The highest BCUT2D eigenvalue weighted by Crippen LogP contribution is 2.40. The molecule has 0 saturated carbocycles. The quantitative estimate of drug-likeness (QED) is 0.718. The average molecular weight is 214 g/mol. The molecule has 2 nitrogen and oxygen atoms in total. The normalized spacial score (nSPS) is 24.5. The third-order valence-electron chi connectivity index (χ3n) is 2.91. The molecule has 0 amide bonds. The fraction of sp³-hybridized carbons (Fsp3) is 0.727. The summed E-state index contributed by atoms with van der Waals surface area (Å²) in [5.74, 6) is 1.30. The lowest BCUT2D eigenvalue weighted by molar-refractivity contribution is -0.132. The second kappa shape index (κ2) is 4.39. The standard InChI is InChI=1S/C11H18O2S/c1-4-8(10(12)13)9-7-14-6-5-11(9,2)3/h4-7H2,1-3H3,(H,12,13)/b9-8-. The minimum atomic E-state index is -0.738. The van der Waals surface area contributed by atoms with Gasteiger partial charge in [0.1, 0.15) is 0 Å². The SMILES string of the molecule is CC/C(C(=O)O)=C1\CSCCC1(C)C. The predicted molar refractivity (Wildman–Crippen MR) is 60.7 cm³/mol. The molecule has 1 aliphatic rings. The minimum absolute atomic E-state index is 0.0784. The summed E-state index contributed by atoms with van der Waals surface area (Å²) in [4.78, 5) is 11.1. The van der Waals surface area contributed by atoms with E-state index in [-0.39, 0.29) is 5.41 Å². The topological polar surface area (TPSA) is 37.3 Å². The van der Waals surface area contributed by atoms with E-state index in [0.29, 0.717) is 12.0 Å². The Morgan fingerprint density at radius 2 is 2.21 bits per heavy atom. The van der Waals surface area contributed by atoms with Gasteiger partial charge in [-0.3, -0.25) is 0 Å². The molecule has 80 valence electrons. The van der Waals surface area contributed by atoms with Gasteiger partial charge in [0.2, 0.25) is 0 Å². The summed E-state index contributed by atoms with van der Waals surface area (Å²) in [7, 11) is 0. The maximum Gasteiger partial charge on any atom is 0.331 e. The highest BCUT2D eigenvalue weighted by atomic mass is 32.2. The summed E-state index contributed by atoms with van der Waals surface area (Å²) in [5, 5.41) is 9.09. The third-order valence-corrected chi connectivity index (χ3v) is 3.90. The Bertz CT molecular complexity index is 266. The first-order valence-corrected chi connectivity index (χ1v) is 6.18. The Kier molecular flexibility index (Phi) is 3.65. The molecule has 1 rings (SSSR count). The molecule has 3 heteroatoms. The number of carboxylic acid groups (broad SMARTS) is 1. The zero-order valence-corrected chi connectivity index (χ0v) is 9.91. The minimum Gasteiger partial charge on any atom is -0.478 e. The van der Waals surface area contributed by atoms with Gasteiger partial charge in [-0.15, -0.1) is 0 Å². The highest BCUT2D eigenvalue weighted by molar-refractivity contribution is 7.99. The Balaban J connectivity index is 3.06. The van der Waals surface area contributed by atoms with Gasteiger partial charge in [-0.05, 0) is 29.6 Å². The Morgan fingerprint density at radius 1 is 1.57 bits per heavy atom. The van der Waals surface area contributed by atoms with Gasteiger partial charge in [-0.1, -0.05) is 20.8 Å². The molecular formula is C11H18O2S. The molecule has 1 heterocycles. The van der Waals surface area contributed by atoms with Crippen LogP contribution in [0.5, 0.6) is 0 Å². The van der Waals surface area contributed by atoms with Gasteiger partial charge in [0.25, 0.3) is 0 Å². The number of hydrogen-bond donors (Lipinski definition) is 1. The van der Waals surface area contributed by atoms with Gasteiger partial charge in [0.05, 0.1) is 0 Å². The van der Waals surface area contributed by atoms with Crippen LogP contribution < -0.4 is 0 Å². The van der Waals surface area contributed by atoms with E-state index in [1.165, 1.54) is 0 Å². The molecular weight excluding hydrogens is 196 g/mol. The molecule has 14 heavy (non-hydrogen) atoms. The first kappa shape index (κ1) is 11.6. The van der Waals surface area contributed by atoms with Gasteiger partial charge < -0.3 is 5.11 Å². The molecule has 0 unspecified atom stereocenters. The second-order valence-corrected chi connectivity index (χ2v) is 5.41. The van der Waals surface area contributed by atoms with Crippen LogP contribution in [0.25, 0.3) is 0 Å². The lowest BCUT2D eigenvalue weighted by atomic mass is 9.79. The smallest absolute Gasteiger partial charge is 0.331 e. The van der Waals surface area contributed by atoms with Crippen molar-refractivity contribution < 1.29 is 9.90 Å². The molecule has 0 aromatic rings. The number of aliphatic carboxylic acids is 1. The largest absolute Gasteiger partial charge is 0.478 e. The van der Waals surface area contributed by atoms with Gasteiger partial charge in [0.15, 0.2) is 0 Å². The second-order valence-electron chi connectivity index (χ2n) is 4.30. The summed E-state index contributed by atoms with van der Waals surface area (Å²) in [6.45, 7) is 6.23. The molecule has 1 fully saturated rings. The number of hydrogen-bond acceptors (Lipinski definition) is 2. The lowest BCUT2D eigenvalue weighted by Crippen LogP contribution is -2.25. The van der Waals surface area contributed by atoms with Gasteiger partial charge >= 0.3 is 5.97 Å². The first-order valence-electron chi connectivity index (χ1n) is 5.02. The van der Waals surface area contributed by atoms with Crippen LogP contribution in [0.4, 0.5) is 0 Å². The summed E-state index contributed by atoms with van der Waals surface area (Å²) in [5.41, 5.74) is 1.85. The van der Waals surface area contributed by atoms with E-state index in [4.69, 9.17) is 5.11 Å². The van der Waals surface area contributed by atoms with Crippen LogP contribution in [0.15, 0.2) is 11.1 Å². The van der Waals surface area contributed by atoms with Crippen LogP contribution in [-0.4, -0.2) is 22.6 Å². The van der Waals surface area contributed by atoms with Crippen molar-refractivity contribution in [1.82, 2.24) is 0 Å². The van der Waals surface area contributed by atoms with Crippen molar-refractivity contribution in [3.05, 3.63) is 11.1 Å². The Morgan fingerprint density at radius 3 is 2.64 bits per heavy atom. The summed E-state index contributed by atoms with van der Waals surface area (Å²) in [6, 6.07) is 0. The van der Waals surface area contributed by atoms with Crippen molar-refractivity contribution in [2.75, 3.05) is 11.5 Å². The zero-order chi connectivity index (χ0) is 10.8. The molecule has 0 bridgehead atoms. The maximum absolute atomic E-state index is 11.1. The molecule has 0 atom stereocenters. The maximum atomic E-state index is 11.1. The van der Waals surface area contributed by atoms with Crippen LogP contribution in [-0.2, 0) is 4.79 Å².